The standard InChI is InChI=1S/C18H20FN5O2S/c19-16-3-1-14(2-4-16)13-22-17-5-6-18(15(11-17)12-20)23-7-9-24(10-8-23)27(21,25)26/h1-6,11,22H,7-10,13H2,(H2,21,25,26). The lowest BCUT2D eigenvalue weighted by molar-refractivity contribution is 0.385. The Morgan fingerprint density at radius 2 is 1.78 bits per heavy atom. The van der Waals surface area contributed by atoms with Crippen molar-refractivity contribution in [2.24, 2.45) is 5.14 Å². The summed E-state index contributed by atoms with van der Waals surface area (Å²) in [5, 5.41) is 17.9. The SMILES string of the molecule is N#Cc1cc(NCc2ccc(F)cc2)ccc1N1CCN(S(N)(=O)=O)CC1. The van der Waals surface area contributed by atoms with Gasteiger partial charge in [-0.2, -0.15) is 18.0 Å². The van der Waals surface area contributed by atoms with Crippen molar-refractivity contribution in [3.05, 3.63) is 59.4 Å². The zero-order valence-electron chi connectivity index (χ0n) is 14.6. The monoisotopic (exact) mass is 389 g/mol. The highest BCUT2D eigenvalue weighted by molar-refractivity contribution is 7.86. The second-order valence-electron chi connectivity index (χ2n) is 6.25. The van der Waals surface area contributed by atoms with Crippen LogP contribution in [0.1, 0.15) is 11.1 Å². The number of anilines is 2. The summed E-state index contributed by atoms with van der Waals surface area (Å²) in [7, 11) is -3.68. The van der Waals surface area contributed by atoms with E-state index in [1.54, 1.807) is 18.2 Å². The molecule has 0 aromatic heterocycles. The van der Waals surface area contributed by atoms with Gasteiger partial charge < -0.3 is 10.2 Å². The lowest BCUT2D eigenvalue weighted by Crippen LogP contribution is -2.50. The van der Waals surface area contributed by atoms with Crippen molar-refractivity contribution in [3.63, 3.8) is 0 Å². The van der Waals surface area contributed by atoms with E-state index in [0.717, 1.165) is 16.9 Å². The molecule has 0 bridgehead atoms. The molecule has 0 aliphatic carbocycles. The van der Waals surface area contributed by atoms with Crippen LogP contribution in [0.25, 0.3) is 0 Å². The first-order chi connectivity index (χ1) is 12.9. The number of halogens is 1. The first-order valence-corrected chi connectivity index (χ1v) is 9.92. The Balaban J connectivity index is 1.68. The fourth-order valence-corrected chi connectivity index (χ4v) is 3.67. The summed E-state index contributed by atoms with van der Waals surface area (Å²) < 4.78 is 37.0. The zero-order valence-corrected chi connectivity index (χ0v) is 15.4. The topological polar surface area (TPSA) is 102 Å². The first-order valence-electron chi connectivity index (χ1n) is 8.42. The summed E-state index contributed by atoms with van der Waals surface area (Å²) in [6.45, 7) is 2.01. The van der Waals surface area contributed by atoms with Crippen molar-refractivity contribution in [1.82, 2.24) is 4.31 Å². The van der Waals surface area contributed by atoms with Gasteiger partial charge in [0.1, 0.15) is 11.9 Å². The molecule has 0 saturated carbocycles. The predicted octanol–water partition coefficient (Wildman–Crippen LogP) is 1.63. The van der Waals surface area contributed by atoms with Gasteiger partial charge in [0.2, 0.25) is 0 Å². The van der Waals surface area contributed by atoms with Gasteiger partial charge in [0.15, 0.2) is 0 Å². The average molecular weight is 389 g/mol. The number of nitrogens with two attached hydrogens (primary N) is 1. The van der Waals surface area contributed by atoms with Gasteiger partial charge in [0.25, 0.3) is 10.2 Å². The minimum atomic E-state index is -3.68. The maximum Gasteiger partial charge on any atom is 0.277 e. The van der Waals surface area contributed by atoms with Crippen LogP contribution in [-0.2, 0) is 16.8 Å². The van der Waals surface area contributed by atoms with Gasteiger partial charge in [-0.15, -0.1) is 0 Å². The van der Waals surface area contributed by atoms with Gasteiger partial charge in [-0.3, -0.25) is 0 Å². The Morgan fingerprint density at radius 3 is 2.37 bits per heavy atom. The van der Waals surface area contributed by atoms with Crippen LogP contribution in [0.4, 0.5) is 15.8 Å². The van der Waals surface area contributed by atoms with Gasteiger partial charge in [-0.25, -0.2) is 9.53 Å². The normalized spacial score (nSPS) is 15.4. The lowest BCUT2D eigenvalue weighted by atomic mass is 10.1. The second-order valence-corrected chi connectivity index (χ2v) is 7.80. The first kappa shape index (κ1) is 19.1. The molecule has 0 atom stereocenters. The van der Waals surface area contributed by atoms with E-state index in [0.29, 0.717) is 25.2 Å². The fourth-order valence-electron chi connectivity index (χ4n) is 3.00. The van der Waals surface area contributed by atoms with Crippen LogP contribution in [0.3, 0.4) is 0 Å². The average Bonchev–Trinajstić information content (AvgIpc) is 2.67. The number of hydrogen-bond acceptors (Lipinski definition) is 5. The van der Waals surface area contributed by atoms with E-state index in [2.05, 4.69) is 11.4 Å². The van der Waals surface area contributed by atoms with Crippen LogP contribution in [0.2, 0.25) is 0 Å². The molecule has 27 heavy (non-hydrogen) atoms. The maximum absolute atomic E-state index is 13.0. The molecule has 3 N–H and O–H groups in total. The number of nitrogens with one attached hydrogen (secondary N) is 1. The molecule has 142 valence electrons. The Kier molecular flexibility index (Phi) is 5.60. The quantitative estimate of drug-likeness (QED) is 0.809. The molecular weight excluding hydrogens is 369 g/mol. The molecule has 3 rings (SSSR count). The van der Waals surface area contributed by atoms with Crippen LogP contribution in [0.5, 0.6) is 0 Å². The third-order valence-corrected chi connectivity index (χ3v) is 5.55. The van der Waals surface area contributed by atoms with Crippen LogP contribution < -0.4 is 15.4 Å². The predicted molar refractivity (Wildman–Crippen MR) is 102 cm³/mol. The van der Waals surface area contributed by atoms with E-state index < -0.39 is 10.2 Å². The van der Waals surface area contributed by atoms with Gasteiger partial charge in [-0.05, 0) is 35.9 Å². The molecule has 0 unspecified atom stereocenters. The molecule has 1 saturated heterocycles. The molecule has 0 radical (unpaired) electrons. The van der Waals surface area contributed by atoms with Crippen LogP contribution in [-0.4, -0.2) is 38.9 Å². The lowest BCUT2D eigenvalue weighted by Gasteiger charge is -2.34. The van der Waals surface area contributed by atoms with E-state index in [9.17, 15) is 18.1 Å². The Bertz CT molecular complexity index is 949. The van der Waals surface area contributed by atoms with Crippen molar-refractivity contribution in [1.29, 1.82) is 5.26 Å². The highest BCUT2D eigenvalue weighted by atomic mass is 32.2. The molecule has 1 heterocycles. The minimum absolute atomic E-state index is 0.280. The van der Waals surface area contributed by atoms with E-state index >= 15 is 0 Å². The number of nitrogens with zero attached hydrogens (tertiary/aromatic N) is 3. The number of rotatable bonds is 5. The largest absolute Gasteiger partial charge is 0.381 e. The molecule has 0 spiro atoms. The van der Waals surface area contributed by atoms with Crippen molar-refractivity contribution < 1.29 is 12.8 Å². The number of benzene rings is 2. The van der Waals surface area contributed by atoms with E-state index in [-0.39, 0.29) is 18.9 Å². The van der Waals surface area contributed by atoms with Gasteiger partial charge in [0.05, 0.1) is 11.3 Å². The summed E-state index contributed by atoms with van der Waals surface area (Å²) in [6.07, 6.45) is 0. The summed E-state index contributed by atoms with van der Waals surface area (Å²) in [5.74, 6) is -0.280. The molecule has 1 fully saturated rings. The van der Waals surface area contributed by atoms with Crippen LogP contribution >= 0.6 is 0 Å². The Morgan fingerprint density at radius 1 is 1.11 bits per heavy atom. The number of nitriles is 1. The Labute approximate surface area is 158 Å². The Hall–Kier alpha value is -2.67. The second kappa shape index (κ2) is 7.92. The fraction of sp³-hybridized carbons (Fsp3) is 0.278. The zero-order chi connectivity index (χ0) is 19.4. The molecule has 1 aliphatic rings. The summed E-state index contributed by atoms with van der Waals surface area (Å²) >= 11 is 0. The van der Waals surface area contributed by atoms with Crippen LogP contribution in [0, 0.1) is 17.1 Å². The number of piperazine rings is 1. The van der Waals surface area contributed by atoms with Gasteiger partial charge in [-0.1, -0.05) is 12.1 Å². The van der Waals surface area contributed by atoms with Crippen molar-refractivity contribution in [3.8, 4) is 6.07 Å². The smallest absolute Gasteiger partial charge is 0.277 e. The molecule has 9 heteroatoms. The minimum Gasteiger partial charge on any atom is -0.381 e. The molecule has 1 aliphatic heterocycles. The van der Waals surface area contributed by atoms with Gasteiger partial charge in [0, 0.05) is 38.4 Å². The van der Waals surface area contributed by atoms with Crippen molar-refractivity contribution >= 4 is 21.6 Å². The molecule has 7 nitrogen and oxygen atoms in total. The molecule has 2 aromatic carbocycles. The maximum atomic E-state index is 13.0. The number of hydrogen-bond donors (Lipinski definition) is 2. The van der Waals surface area contributed by atoms with E-state index in [1.807, 2.05) is 17.0 Å². The van der Waals surface area contributed by atoms with Crippen molar-refractivity contribution in [2.75, 3.05) is 36.4 Å². The summed E-state index contributed by atoms with van der Waals surface area (Å²) in [6, 6.07) is 13.9. The third kappa shape index (κ3) is 4.74. The van der Waals surface area contributed by atoms with E-state index in [1.165, 1.54) is 16.4 Å². The van der Waals surface area contributed by atoms with Crippen molar-refractivity contribution in [2.45, 2.75) is 6.54 Å². The molecule has 2 aromatic rings. The molecular formula is C18H20FN5O2S. The highest BCUT2D eigenvalue weighted by Gasteiger charge is 2.25. The highest BCUT2D eigenvalue weighted by Crippen LogP contribution is 2.25. The third-order valence-electron chi connectivity index (χ3n) is 4.47. The molecule has 0 amide bonds. The van der Waals surface area contributed by atoms with Gasteiger partial charge >= 0.3 is 0 Å². The van der Waals surface area contributed by atoms with E-state index in [4.69, 9.17) is 5.14 Å². The summed E-state index contributed by atoms with van der Waals surface area (Å²) in [4.78, 5) is 1.98. The van der Waals surface area contributed by atoms with Crippen LogP contribution in [0.15, 0.2) is 42.5 Å². The summed E-state index contributed by atoms with van der Waals surface area (Å²) in [5.41, 5.74) is 2.97.